The number of thiazole rings is 1. The standard InChI is InChI=1S/C16H11N3OS/c1-19-13-4-2-3-5-14(13)21-16(19)18-15(20)12-8-6-11(10-17)7-9-12/h2-9H,1H3. The first kappa shape index (κ1) is 13.3. The van der Waals surface area contributed by atoms with Crippen LogP contribution >= 0.6 is 11.3 Å². The van der Waals surface area contributed by atoms with Crippen molar-refractivity contribution in [1.82, 2.24) is 4.57 Å². The first-order valence-electron chi connectivity index (χ1n) is 6.33. The van der Waals surface area contributed by atoms with Gasteiger partial charge in [0.25, 0.3) is 5.91 Å². The predicted octanol–water partition coefficient (Wildman–Crippen LogP) is 2.85. The number of hydrogen-bond acceptors (Lipinski definition) is 3. The third-order valence-electron chi connectivity index (χ3n) is 3.17. The number of carbonyl (C=O) groups is 1. The molecule has 3 rings (SSSR count). The second-order valence-corrected chi connectivity index (χ2v) is 5.53. The smallest absolute Gasteiger partial charge is 0.279 e. The number of rotatable bonds is 1. The van der Waals surface area contributed by atoms with Crippen LogP contribution in [0.5, 0.6) is 0 Å². The summed E-state index contributed by atoms with van der Waals surface area (Å²) in [5.74, 6) is -0.304. The lowest BCUT2D eigenvalue weighted by Crippen LogP contribution is -2.13. The lowest BCUT2D eigenvalue weighted by molar-refractivity contribution is 0.0998. The van der Waals surface area contributed by atoms with Crippen LogP contribution in [-0.2, 0) is 7.05 Å². The van der Waals surface area contributed by atoms with E-state index in [9.17, 15) is 4.79 Å². The van der Waals surface area contributed by atoms with Crippen LogP contribution in [0.1, 0.15) is 15.9 Å². The zero-order valence-corrected chi connectivity index (χ0v) is 12.1. The predicted molar refractivity (Wildman–Crippen MR) is 81.8 cm³/mol. The molecule has 0 radical (unpaired) electrons. The fourth-order valence-corrected chi connectivity index (χ4v) is 3.04. The molecule has 0 unspecified atom stereocenters. The largest absolute Gasteiger partial charge is 0.319 e. The average Bonchev–Trinajstić information content (AvgIpc) is 2.84. The summed E-state index contributed by atoms with van der Waals surface area (Å²) in [5.41, 5.74) is 2.05. The number of nitrogens with zero attached hydrogens (tertiary/aromatic N) is 3. The van der Waals surface area contributed by atoms with Crippen molar-refractivity contribution >= 4 is 27.5 Å². The summed E-state index contributed by atoms with van der Waals surface area (Å²) in [6, 6.07) is 16.4. The number of aryl methyl sites for hydroxylation is 1. The van der Waals surface area contributed by atoms with Gasteiger partial charge in [-0.1, -0.05) is 23.5 Å². The van der Waals surface area contributed by atoms with Crippen LogP contribution in [0.25, 0.3) is 10.2 Å². The van der Waals surface area contributed by atoms with E-state index in [1.54, 1.807) is 24.3 Å². The van der Waals surface area contributed by atoms with E-state index in [0.29, 0.717) is 15.9 Å². The number of hydrogen-bond donors (Lipinski definition) is 0. The van der Waals surface area contributed by atoms with Gasteiger partial charge in [-0.3, -0.25) is 4.79 Å². The quantitative estimate of drug-likeness (QED) is 0.692. The molecular formula is C16H11N3OS. The Morgan fingerprint density at radius 2 is 1.90 bits per heavy atom. The number of carbonyl (C=O) groups excluding carboxylic acids is 1. The van der Waals surface area contributed by atoms with Crippen molar-refractivity contribution in [3.63, 3.8) is 0 Å². The van der Waals surface area contributed by atoms with Gasteiger partial charge in [0, 0.05) is 12.6 Å². The average molecular weight is 293 g/mol. The molecule has 0 aliphatic rings. The topological polar surface area (TPSA) is 58.1 Å². The molecule has 0 fully saturated rings. The number of benzene rings is 2. The molecule has 0 saturated carbocycles. The van der Waals surface area contributed by atoms with Gasteiger partial charge in [0.15, 0.2) is 4.80 Å². The lowest BCUT2D eigenvalue weighted by atomic mass is 10.1. The first-order chi connectivity index (χ1) is 10.2. The van der Waals surface area contributed by atoms with Crippen LogP contribution in [0.3, 0.4) is 0 Å². The SMILES string of the molecule is Cn1c(=NC(=O)c2ccc(C#N)cc2)sc2ccccc21. The summed E-state index contributed by atoms with van der Waals surface area (Å²) in [7, 11) is 1.89. The number of amides is 1. The van der Waals surface area contributed by atoms with Gasteiger partial charge >= 0.3 is 0 Å². The minimum Gasteiger partial charge on any atom is -0.319 e. The number of fused-ring (bicyclic) bond motifs is 1. The molecule has 0 saturated heterocycles. The zero-order valence-electron chi connectivity index (χ0n) is 11.3. The molecule has 1 heterocycles. The summed E-state index contributed by atoms with van der Waals surface area (Å²) in [5, 5.41) is 8.76. The van der Waals surface area contributed by atoms with Crippen LogP contribution in [0.4, 0.5) is 0 Å². The van der Waals surface area contributed by atoms with E-state index >= 15 is 0 Å². The maximum absolute atomic E-state index is 12.2. The van der Waals surface area contributed by atoms with Crippen LogP contribution in [0, 0.1) is 11.3 Å². The third-order valence-corrected chi connectivity index (χ3v) is 4.29. The fourth-order valence-electron chi connectivity index (χ4n) is 2.03. The van der Waals surface area contributed by atoms with Crippen molar-refractivity contribution in [2.45, 2.75) is 0 Å². The van der Waals surface area contributed by atoms with Crippen molar-refractivity contribution in [2.75, 3.05) is 0 Å². The molecule has 2 aromatic carbocycles. The first-order valence-corrected chi connectivity index (χ1v) is 7.14. The zero-order chi connectivity index (χ0) is 14.8. The second kappa shape index (κ2) is 5.35. The summed E-state index contributed by atoms with van der Waals surface area (Å²) in [4.78, 5) is 17.0. The van der Waals surface area contributed by atoms with Crippen molar-refractivity contribution in [3.05, 3.63) is 64.5 Å². The van der Waals surface area contributed by atoms with E-state index in [2.05, 4.69) is 4.99 Å². The van der Waals surface area contributed by atoms with Crippen LogP contribution in [-0.4, -0.2) is 10.5 Å². The summed E-state index contributed by atoms with van der Waals surface area (Å²) < 4.78 is 2.99. The molecule has 1 amide bonds. The summed E-state index contributed by atoms with van der Waals surface area (Å²) in [6.07, 6.45) is 0. The molecule has 0 aliphatic carbocycles. The normalized spacial score (nSPS) is 11.5. The number of aromatic nitrogens is 1. The van der Waals surface area contributed by atoms with Crippen LogP contribution in [0.15, 0.2) is 53.5 Å². The molecule has 21 heavy (non-hydrogen) atoms. The Balaban J connectivity index is 2.04. The highest BCUT2D eigenvalue weighted by Crippen LogP contribution is 2.15. The van der Waals surface area contributed by atoms with Gasteiger partial charge in [-0.25, -0.2) is 0 Å². The Morgan fingerprint density at radius 1 is 1.19 bits per heavy atom. The Kier molecular flexibility index (Phi) is 3.38. The highest BCUT2D eigenvalue weighted by molar-refractivity contribution is 7.16. The molecule has 4 nitrogen and oxygen atoms in total. The third kappa shape index (κ3) is 2.49. The van der Waals surface area contributed by atoms with Crippen molar-refractivity contribution in [2.24, 2.45) is 12.0 Å². The minimum atomic E-state index is -0.304. The lowest BCUT2D eigenvalue weighted by Gasteiger charge is -1.96. The molecule has 1 aromatic heterocycles. The summed E-state index contributed by atoms with van der Waals surface area (Å²) >= 11 is 1.48. The molecule has 0 N–H and O–H groups in total. The highest BCUT2D eigenvalue weighted by Gasteiger charge is 2.06. The maximum atomic E-state index is 12.2. The Morgan fingerprint density at radius 3 is 2.57 bits per heavy atom. The van der Waals surface area contributed by atoms with Gasteiger partial charge in [-0.05, 0) is 36.4 Å². The monoisotopic (exact) mass is 293 g/mol. The molecule has 3 aromatic rings. The van der Waals surface area contributed by atoms with Gasteiger partial charge in [0.05, 0.1) is 21.8 Å². The second-order valence-electron chi connectivity index (χ2n) is 4.52. The Labute approximate surface area is 125 Å². The molecule has 0 aliphatic heterocycles. The van der Waals surface area contributed by atoms with Crippen LogP contribution in [0.2, 0.25) is 0 Å². The van der Waals surface area contributed by atoms with E-state index in [4.69, 9.17) is 5.26 Å². The molecule has 0 spiro atoms. The van der Waals surface area contributed by atoms with E-state index in [-0.39, 0.29) is 5.91 Å². The van der Waals surface area contributed by atoms with Gasteiger partial charge in [0.2, 0.25) is 0 Å². The van der Waals surface area contributed by atoms with E-state index in [1.807, 2.05) is 41.9 Å². The van der Waals surface area contributed by atoms with E-state index in [1.165, 1.54) is 11.3 Å². The van der Waals surface area contributed by atoms with Crippen molar-refractivity contribution in [3.8, 4) is 6.07 Å². The van der Waals surface area contributed by atoms with E-state index < -0.39 is 0 Å². The summed E-state index contributed by atoms with van der Waals surface area (Å²) in [6.45, 7) is 0. The fraction of sp³-hybridized carbons (Fsp3) is 0.0625. The van der Waals surface area contributed by atoms with Gasteiger partial charge in [0.1, 0.15) is 0 Å². The minimum absolute atomic E-state index is 0.304. The van der Waals surface area contributed by atoms with Crippen LogP contribution < -0.4 is 4.80 Å². The Hall–Kier alpha value is -2.71. The maximum Gasteiger partial charge on any atom is 0.279 e. The van der Waals surface area contributed by atoms with Crippen molar-refractivity contribution < 1.29 is 4.79 Å². The molecular weight excluding hydrogens is 282 g/mol. The van der Waals surface area contributed by atoms with Crippen molar-refractivity contribution in [1.29, 1.82) is 5.26 Å². The molecule has 0 atom stereocenters. The van der Waals surface area contributed by atoms with Gasteiger partial charge in [-0.15, -0.1) is 0 Å². The number of nitriles is 1. The Bertz CT molecular complexity index is 927. The molecule has 5 heteroatoms. The van der Waals surface area contributed by atoms with E-state index in [0.717, 1.165) is 10.2 Å². The highest BCUT2D eigenvalue weighted by atomic mass is 32.1. The van der Waals surface area contributed by atoms with Gasteiger partial charge in [-0.2, -0.15) is 10.3 Å². The van der Waals surface area contributed by atoms with Gasteiger partial charge < -0.3 is 4.57 Å². The molecule has 0 bridgehead atoms. The number of para-hydroxylation sites is 1. The molecule has 102 valence electrons.